The van der Waals surface area contributed by atoms with Crippen LogP contribution in [0.4, 0.5) is 11.4 Å². The lowest BCUT2D eigenvalue weighted by Gasteiger charge is -2.24. The second-order valence-electron chi connectivity index (χ2n) is 7.79. The fourth-order valence-electron chi connectivity index (χ4n) is 2.60. The summed E-state index contributed by atoms with van der Waals surface area (Å²) in [6, 6.07) is 8.97. The SMILES string of the molecule is CC(C)(C)NC(=O)c1ccccc1NC(=O)CN(c1cc(Cl)c(Cl)cc1Cl)S(C)(=O)=O. The summed E-state index contributed by atoms with van der Waals surface area (Å²) in [5.74, 6) is -1.06. The molecule has 11 heteroatoms. The second kappa shape index (κ2) is 9.65. The van der Waals surface area contributed by atoms with Gasteiger partial charge in [-0.2, -0.15) is 0 Å². The predicted octanol–water partition coefficient (Wildman–Crippen LogP) is 4.58. The Morgan fingerprint density at radius 2 is 1.58 bits per heavy atom. The van der Waals surface area contributed by atoms with Crippen molar-refractivity contribution in [2.24, 2.45) is 0 Å². The summed E-state index contributed by atoms with van der Waals surface area (Å²) in [5.41, 5.74) is 0.00553. The highest BCUT2D eigenvalue weighted by molar-refractivity contribution is 7.92. The van der Waals surface area contributed by atoms with E-state index in [1.807, 2.05) is 20.8 Å². The zero-order chi connectivity index (χ0) is 23.6. The van der Waals surface area contributed by atoms with E-state index in [0.29, 0.717) is 0 Å². The molecule has 0 spiro atoms. The van der Waals surface area contributed by atoms with Gasteiger partial charge < -0.3 is 10.6 Å². The molecule has 0 aliphatic heterocycles. The van der Waals surface area contributed by atoms with Crippen LogP contribution in [-0.2, 0) is 14.8 Å². The van der Waals surface area contributed by atoms with E-state index in [1.165, 1.54) is 12.1 Å². The molecule has 31 heavy (non-hydrogen) atoms. The van der Waals surface area contributed by atoms with Crippen LogP contribution >= 0.6 is 34.8 Å². The Bertz CT molecular complexity index is 1120. The number of nitrogens with zero attached hydrogens (tertiary/aromatic N) is 1. The van der Waals surface area contributed by atoms with Crippen molar-refractivity contribution in [2.75, 3.05) is 22.4 Å². The average molecular weight is 507 g/mol. The van der Waals surface area contributed by atoms with Gasteiger partial charge in [0.1, 0.15) is 6.54 Å². The first-order chi connectivity index (χ1) is 14.2. The number of sulfonamides is 1. The maximum Gasteiger partial charge on any atom is 0.253 e. The summed E-state index contributed by atoms with van der Waals surface area (Å²) >= 11 is 18.0. The Morgan fingerprint density at radius 1 is 1.00 bits per heavy atom. The van der Waals surface area contributed by atoms with Crippen LogP contribution in [0.1, 0.15) is 31.1 Å². The van der Waals surface area contributed by atoms with Crippen molar-refractivity contribution >= 4 is 68.0 Å². The Kier molecular flexibility index (Phi) is 7.86. The lowest BCUT2D eigenvalue weighted by molar-refractivity contribution is -0.114. The van der Waals surface area contributed by atoms with Crippen molar-refractivity contribution in [3.8, 4) is 0 Å². The smallest absolute Gasteiger partial charge is 0.253 e. The van der Waals surface area contributed by atoms with Gasteiger partial charge in [0, 0.05) is 5.54 Å². The maximum absolute atomic E-state index is 12.7. The number of rotatable bonds is 6. The van der Waals surface area contributed by atoms with Crippen LogP contribution in [0.25, 0.3) is 0 Å². The van der Waals surface area contributed by atoms with Gasteiger partial charge in [-0.25, -0.2) is 8.42 Å². The summed E-state index contributed by atoms with van der Waals surface area (Å²) < 4.78 is 25.5. The molecule has 0 saturated heterocycles. The van der Waals surface area contributed by atoms with Crippen LogP contribution in [0.2, 0.25) is 15.1 Å². The molecule has 0 aromatic heterocycles. The van der Waals surface area contributed by atoms with Crippen LogP contribution in [0.3, 0.4) is 0 Å². The highest BCUT2D eigenvalue weighted by Gasteiger charge is 2.25. The van der Waals surface area contributed by atoms with Gasteiger partial charge in [0.05, 0.1) is 38.3 Å². The number of hydrogen-bond donors (Lipinski definition) is 2. The number of anilines is 2. The Balaban J connectivity index is 2.32. The molecule has 0 unspecified atom stereocenters. The zero-order valence-corrected chi connectivity index (χ0v) is 20.4. The molecule has 0 atom stereocenters. The molecule has 7 nitrogen and oxygen atoms in total. The third-order valence-corrected chi connectivity index (χ3v) is 6.03. The van der Waals surface area contributed by atoms with E-state index in [0.717, 1.165) is 10.6 Å². The van der Waals surface area contributed by atoms with Gasteiger partial charge >= 0.3 is 0 Å². The standard InChI is InChI=1S/C20H22Cl3N3O4S/c1-20(2,3)25-19(28)12-7-5-6-8-16(12)24-18(27)11-26(31(4,29)30)17-10-14(22)13(21)9-15(17)23/h5-10H,11H2,1-4H3,(H,24,27)(H,25,28). The Morgan fingerprint density at radius 3 is 2.16 bits per heavy atom. The molecule has 0 heterocycles. The quantitative estimate of drug-likeness (QED) is 0.561. The Labute approximate surface area is 196 Å². The van der Waals surface area contributed by atoms with E-state index in [-0.39, 0.29) is 37.9 Å². The molecule has 0 bridgehead atoms. The lowest BCUT2D eigenvalue weighted by atomic mass is 10.1. The van der Waals surface area contributed by atoms with Crippen LogP contribution in [0.5, 0.6) is 0 Å². The fourth-order valence-corrected chi connectivity index (χ4v) is 4.16. The molecular formula is C20H22Cl3N3O4S. The normalized spacial score (nSPS) is 11.7. The number of amides is 2. The van der Waals surface area contributed by atoms with Crippen molar-refractivity contribution in [2.45, 2.75) is 26.3 Å². The minimum atomic E-state index is -3.90. The third kappa shape index (κ3) is 7.00. The fraction of sp³-hybridized carbons (Fsp3) is 0.300. The van der Waals surface area contributed by atoms with Gasteiger partial charge in [0.25, 0.3) is 5.91 Å². The molecule has 2 aromatic rings. The first kappa shape index (κ1) is 25.3. The lowest BCUT2D eigenvalue weighted by Crippen LogP contribution is -2.41. The number of carbonyl (C=O) groups excluding carboxylic acids is 2. The van der Waals surface area contributed by atoms with Crippen molar-refractivity contribution in [1.82, 2.24) is 5.32 Å². The number of halogens is 3. The van der Waals surface area contributed by atoms with Crippen LogP contribution < -0.4 is 14.9 Å². The number of nitrogens with one attached hydrogen (secondary N) is 2. The van der Waals surface area contributed by atoms with Gasteiger partial charge in [-0.15, -0.1) is 0 Å². The highest BCUT2D eigenvalue weighted by atomic mass is 35.5. The number of carbonyl (C=O) groups is 2. The minimum absolute atomic E-state index is 0.00692. The molecule has 2 N–H and O–H groups in total. The van der Waals surface area contributed by atoms with E-state index >= 15 is 0 Å². The summed E-state index contributed by atoms with van der Waals surface area (Å²) in [4.78, 5) is 25.3. The molecule has 0 fully saturated rings. The molecule has 2 rings (SSSR count). The van der Waals surface area contributed by atoms with Gasteiger partial charge in [-0.1, -0.05) is 46.9 Å². The van der Waals surface area contributed by atoms with Crippen molar-refractivity contribution in [3.05, 3.63) is 57.0 Å². The molecule has 0 aliphatic carbocycles. The van der Waals surface area contributed by atoms with Crippen LogP contribution in [0, 0.1) is 0 Å². The van der Waals surface area contributed by atoms with E-state index in [4.69, 9.17) is 34.8 Å². The summed E-state index contributed by atoms with van der Waals surface area (Å²) in [7, 11) is -3.90. The molecule has 2 aromatic carbocycles. The predicted molar refractivity (Wildman–Crippen MR) is 126 cm³/mol. The van der Waals surface area contributed by atoms with Crippen LogP contribution in [0.15, 0.2) is 36.4 Å². The van der Waals surface area contributed by atoms with Crippen molar-refractivity contribution < 1.29 is 18.0 Å². The summed E-state index contributed by atoms with van der Waals surface area (Å²) in [5, 5.41) is 5.64. The molecule has 168 valence electrons. The van der Waals surface area contributed by atoms with Gasteiger partial charge in [0.2, 0.25) is 15.9 Å². The monoisotopic (exact) mass is 505 g/mol. The number of hydrogen-bond acceptors (Lipinski definition) is 4. The van der Waals surface area contributed by atoms with E-state index in [2.05, 4.69) is 10.6 Å². The first-order valence-corrected chi connectivity index (χ1v) is 12.0. The number of benzene rings is 2. The van der Waals surface area contributed by atoms with Gasteiger partial charge in [-0.05, 0) is 45.0 Å². The van der Waals surface area contributed by atoms with Crippen LogP contribution in [-0.4, -0.2) is 38.6 Å². The van der Waals surface area contributed by atoms with E-state index in [1.54, 1.807) is 24.3 Å². The van der Waals surface area contributed by atoms with E-state index < -0.39 is 28.0 Å². The molecule has 0 radical (unpaired) electrons. The number of para-hydroxylation sites is 1. The topological polar surface area (TPSA) is 95.6 Å². The second-order valence-corrected chi connectivity index (χ2v) is 10.9. The zero-order valence-electron chi connectivity index (χ0n) is 17.3. The first-order valence-electron chi connectivity index (χ1n) is 9.02. The molecular weight excluding hydrogens is 485 g/mol. The molecule has 0 aliphatic rings. The van der Waals surface area contributed by atoms with E-state index in [9.17, 15) is 18.0 Å². The average Bonchev–Trinajstić information content (AvgIpc) is 2.61. The van der Waals surface area contributed by atoms with Gasteiger partial charge in [-0.3, -0.25) is 13.9 Å². The molecule has 0 saturated carbocycles. The Hall–Kier alpha value is -2.00. The summed E-state index contributed by atoms with van der Waals surface area (Å²) in [6.45, 7) is 4.90. The maximum atomic E-state index is 12.7. The van der Waals surface area contributed by atoms with Crippen molar-refractivity contribution in [3.63, 3.8) is 0 Å². The third-order valence-electron chi connectivity index (χ3n) is 3.88. The van der Waals surface area contributed by atoms with Gasteiger partial charge in [0.15, 0.2) is 0 Å². The minimum Gasteiger partial charge on any atom is -0.347 e. The largest absolute Gasteiger partial charge is 0.347 e. The van der Waals surface area contributed by atoms with Crippen molar-refractivity contribution in [1.29, 1.82) is 0 Å². The molecule has 2 amide bonds. The summed E-state index contributed by atoms with van der Waals surface area (Å²) in [6.07, 6.45) is 0.934. The highest BCUT2D eigenvalue weighted by Crippen LogP contribution is 2.35.